The fourth-order valence-corrected chi connectivity index (χ4v) is 2.82. The van der Waals surface area contributed by atoms with E-state index in [1.807, 2.05) is 0 Å². The third-order valence-corrected chi connectivity index (χ3v) is 4.07. The van der Waals surface area contributed by atoms with E-state index in [-0.39, 0.29) is 24.5 Å². The molecule has 1 saturated carbocycles. The van der Waals surface area contributed by atoms with E-state index in [2.05, 4.69) is 12.2 Å². The highest BCUT2D eigenvalue weighted by Crippen LogP contribution is 2.23. The third kappa shape index (κ3) is 4.74. The minimum Gasteiger partial charge on any atom is -0.396 e. The second-order valence-corrected chi connectivity index (χ2v) is 5.74. The smallest absolute Gasteiger partial charge is 0.221 e. The second-order valence-electron chi connectivity index (χ2n) is 4.35. The van der Waals surface area contributed by atoms with Crippen LogP contribution in [-0.4, -0.2) is 35.2 Å². The minimum atomic E-state index is 0.145. The van der Waals surface area contributed by atoms with E-state index < -0.39 is 0 Å². The molecule has 1 amide bonds. The Morgan fingerprint density at radius 3 is 2.88 bits per heavy atom. The van der Waals surface area contributed by atoms with Gasteiger partial charge in [0.15, 0.2) is 0 Å². The summed E-state index contributed by atoms with van der Waals surface area (Å²) < 4.78 is 0. The van der Waals surface area contributed by atoms with Crippen molar-refractivity contribution in [3.05, 3.63) is 0 Å². The van der Waals surface area contributed by atoms with E-state index in [0.29, 0.717) is 6.42 Å². The monoisotopic (exact) mass is 245 g/mol. The minimum absolute atomic E-state index is 0.145. The summed E-state index contributed by atoms with van der Waals surface area (Å²) in [5.74, 6) is 2.39. The largest absolute Gasteiger partial charge is 0.396 e. The predicted molar refractivity (Wildman–Crippen MR) is 68.6 cm³/mol. The van der Waals surface area contributed by atoms with Crippen molar-refractivity contribution in [2.24, 2.45) is 5.92 Å². The van der Waals surface area contributed by atoms with Crippen molar-refractivity contribution in [1.29, 1.82) is 0 Å². The normalized spacial score (nSPS) is 25.4. The Hall–Kier alpha value is -0.220. The molecule has 1 aliphatic rings. The zero-order valence-corrected chi connectivity index (χ0v) is 10.9. The summed E-state index contributed by atoms with van der Waals surface area (Å²) in [5, 5.41) is 12.3. The highest BCUT2D eigenvalue weighted by Gasteiger charge is 2.25. The van der Waals surface area contributed by atoms with Crippen molar-refractivity contribution in [3.63, 3.8) is 0 Å². The number of aliphatic hydroxyl groups is 1. The van der Waals surface area contributed by atoms with Gasteiger partial charge in [0, 0.05) is 30.7 Å². The summed E-state index contributed by atoms with van der Waals surface area (Å²) in [6, 6.07) is 0.206. The number of carbonyl (C=O) groups excluding carboxylic acids is 1. The van der Waals surface area contributed by atoms with Crippen molar-refractivity contribution in [2.75, 3.05) is 18.1 Å². The number of amides is 1. The molecule has 0 spiro atoms. The van der Waals surface area contributed by atoms with E-state index in [1.54, 1.807) is 11.8 Å². The SMILES string of the molecule is CCSCCC(=O)NC1CCCCC1CO. The van der Waals surface area contributed by atoms with E-state index >= 15 is 0 Å². The first-order valence-corrected chi connectivity index (χ1v) is 7.41. The van der Waals surface area contributed by atoms with Crippen molar-refractivity contribution >= 4 is 17.7 Å². The zero-order valence-electron chi connectivity index (χ0n) is 10.1. The number of carbonyl (C=O) groups is 1. The maximum absolute atomic E-state index is 11.6. The molecule has 94 valence electrons. The molecule has 1 fully saturated rings. The molecule has 1 aliphatic carbocycles. The van der Waals surface area contributed by atoms with Gasteiger partial charge in [0.05, 0.1) is 0 Å². The Kier molecular flexibility index (Phi) is 6.88. The highest BCUT2D eigenvalue weighted by molar-refractivity contribution is 7.99. The van der Waals surface area contributed by atoms with Gasteiger partial charge in [-0.1, -0.05) is 19.8 Å². The first-order valence-electron chi connectivity index (χ1n) is 6.26. The van der Waals surface area contributed by atoms with Gasteiger partial charge in [-0.2, -0.15) is 11.8 Å². The predicted octanol–water partition coefficient (Wildman–Crippen LogP) is 1.80. The van der Waals surface area contributed by atoms with Crippen LogP contribution in [0.25, 0.3) is 0 Å². The van der Waals surface area contributed by atoms with Gasteiger partial charge in [0.25, 0.3) is 0 Å². The van der Waals surface area contributed by atoms with E-state index in [4.69, 9.17) is 0 Å². The molecular formula is C12H23NO2S. The molecule has 0 aromatic rings. The standard InChI is InChI=1S/C12H23NO2S/c1-2-16-8-7-12(15)13-11-6-4-3-5-10(11)9-14/h10-11,14H,2-9H2,1H3,(H,13,15). The highest BCUT2D eigenvalue weighted by atomic mass is 32.2. The zero-order chi connectivity index (χ0) is 11.8. The average Bonchev–Trinajstić information content (AvgIpc) is 2.30. The van der Waals surface area contributed by atoms with Crippen LogP contribution in [0.15, 0.2) is 0 Å². The average molecular weight is 245 g/mol. The first-order chi connectivity index (χ1) is 7.77. The van der Waals surface area contributed by atoms with Crippen LogP contribution in [0.1, 0.15) is 39.0 Å². The van der Waals surface area contributed by atoms with Crippen LogP contribution in [0, 0.1) is 5.92 Å². The van der Waals surface area contributed by atoms with Crippen LogP contribution in [0.5, 0.6) is 0 Å². The first kappa shape index (κ1) is 13.8. The van der Waals surface area contributed by atoms with Gasteiger partial charge in [-0.05, 0) is 18.6 Å². The van der Waals surface area contributed by atoms with E-state index in [0.717, 1.165) is 24.3 Å². The molecule has 0 aromatic heterocycles. The van der Waals surface area contributed by atoms with Crippen LogP contribution < -0.4 is 5.32 Å². The Bertz CT molecular complexity index is 211. The number of hydrogen-bond donors (Lipinski definition) is 2. The molecule has 16 heavy (non-hydrogen) atoms. The van der Waals surface area contributed by atoms with Gasteiger partial charge in [-0.25, -0.2) is 0 Å². The summed E-state index contributed by atoms with van der Waals surface area (Å²) in [6.07, 6.45) is 5.03. The van der Waals surface area contributed by atoms with Crippen molar-refractivity contribution in [2.45, 2.75) is 45.1 Å². The molecule has 2 unspecified atom stereocenters. The maximum atomic E-state index is 11.6. The Morgan fingerprint density at radius 2 is 2.19 bits per heavy atom. The second kappa shape index (κ2) is 7.96. The number of rotatable bonds is 6. The van der Waals surface area contributed by atoms with Gasteiger partial charge in [0.1, 0.15) is 0 Å². The summed E-state index contributed by atoms with van der Waals surface area (Å²) in [7, 11) is 0. The van der Waals surface area contributed by atoms with Crippen LogP contribution in [-0.2, 0) is 4.79 Å². The van der Waals surface area contributed by atoms with Crippen LogP contribution in [0.4, 0.5) is 0 Å². The summed E-state index contributed by atoms with van der Waals surface area (Å²) in [6.45, 7) is 2.31. The van der Waals surface area contributed by atoms with Gasteiger partial charge < -0.3 is 10.4 Å². The molecule has 0 aromatic carbocycles. The number of hydrogen-bond acceptors (Lipinski definition) is 3. The van der Waals surface area contributed by atoms with Gasteiger partial charge in [-0.15, -0.1) is 0 Å². The summed E-state index contributed by atoms with van der Waals surface area (Å²) in [5.41, 5.74) is 0. The number of aliphatic hydroxyl groups excluding tert-OH is 1. The fraction of sp³-hybridized carbons (Fsp3) is 0.917. The summed E-state index contributed by atoms with van der Waals surface area (Å²) in [4.78, 5) is 11.6. The topological polar surface area (TPSA) is 49.3 Å². The molecule has 4 heteroatoms. The van der Waals surface area contributed by atoms with Crippen molar-refractivity contribution < 1.29 is 9.90 Å². The molecule has 2 atom stereocenters. The van der Waals surface area contributed by atoms with Gasteiger partial charge in [0.2, 0.25) is 5.91 Å². The molecule has 2 N–H and O–H groups in total. The Morgan fingerprint density at radius 1 is 1.44 bits per heavy atom. The number of thioether (sulfide) groups is 1. The number of nitrogens with one attached hydrogen (secondary N) is 1. The lowest BCUT2D eigenvalue weighted by Crippen LogP contribution is -2.43. The Labute approximate surface area is 102 Å². The van der Waals surface area contributed by atoms with Gasteiger partial charge >= 0.3 is 0 Å². The molecule has 0 saturated heterocycles. The molecule has 1 rings (SSSR count). The third-order valence-electron chi connectivity index (χ3n) is 3.17. The molecule has 0 heterocycles. The lowest BCUT2D eigenvalue weighted by Gasteiger charge is -2.30. The van der Waals surface area contributed by atoms with Crippen LogP contribution in [0.2, 0.25) is 0 Å². The quantitative estimate of drug-likeness (QED) is 0.702. The van der Waals surface area contributed by atoms with Crippen LogP contribution >= 0.6 is 11.8 Å². The maximum Gasteiger partial charge on any atom is 0.221 e. The molecule has 0 aliphatic heterocycles. The van der Waals surface area contributed by atoms with Crippen molar-refractivity contribution in [1.82, 2.24) is 5.32 Å². The van der Waals surface area contributed by atoms with Crippen molar-refractivity contribution in [3.8, 4) is 0 Å². The van der Waals surface area contributed by atoms with Crippen LogP contribution in [0.3, 0.4) is 0 Å². The molecule has 0 bridgehead atoms. The lowest BCUT2D eigenvalue weighted by atomic mass is 9.85. The molecule has 0 radical (unpaired) electrons. The Balaban J connectivity index is 2.25. The summed E-state index contributed by atoms with van der Waals surface area (Å²) >= 11 is 1.79. The lowest BCUT2D eigenvalue weighted by molar-refractivity contribution is -0.122. The van der Waals surface area contributed by atoms with Gasteiger partial charge in [-0.3, -0.25) is 4.79 Å². The molecular weight excluding hydrogens is 222 g/mol. The van der Waals surface area contributed by atoms with E-state index in [1.165, 1.54) is 12.8 Å². The van der Waals surface area contributed by atoms with E-state index in [9.17, 15) is 9.90 Å². The fourth-order valence-electron chi connectivity index (χ4n) is 2.20. The molecule has 3 nitrogen and oxygen atoms in total.